The summed E-state index contributed by atoms with van der Waals surface area (Å²) in [6.45, 7) is 0.499. The molecule has 1 aromatic carbocycles. The normalized spacial score (nSPS) is 19.8. The van der Waals surface area contributed by atoms with Gasteiger partial charge >= 0.3 is 5.97 Å². The predicted octanol–water partition coefficient (Wildman–Crippen LogP) is 0.102. The average Bonchev–Trinajstić information content (AvgIpc) is 3.46. The summed E-state index contributed by atoms with van der Waals surface area (Å²) in [4.78, 5) is 53.8. The molecule has 12 heteroatoms. The largest absolute Gasteiger partial charge is 0.451 e. The molecule has 3 heterocycles. The number of amides is 2. The van der Waals surface area contributed by atoms with Gasteiger partial charge in [0.1, 0.15) is 18.4 Å². The first-order valence-corrected chi connectivity index (χ1v) is 10.9. The third-order valence-electron chi connectivity index (χ3n) is 5.83. The fourth-order valence-corrected chi connectivity index (χ4v) is 3.99. The van der Waals surface area contributed by atoms with Crippen LogP contribution in [-0.4, -0.2) is 67.1 Å². The summed E-state index contributed by atoms with van der Waals surface area (Å²) in [5.74, 6) is -2.87. The number of esters is 1. The van der Waals surface area contributed by atoms with Crippen molar-refractivity contribution < 1.29 is 33.0 Å². The molecule has 2 atom stereocenters. The number of hydrogen-bond acceptors (Lipinski definition) is 9. The first kappa shape index (κ1) is 24.2. The first-order chi connectivity index (χ1) is 16.8. The van der Waals surface area contributed by atoms with Gasteiger partial charge in [-0.3, -0.25) is 24.1 Å². The summed E-state index contributed by atoms with van der Waals surface area (Å²) in [5, 5.41) is 0. The molecule has 2 saturated heterocycles. The number of ether oxygens (including phenoxy) is 2. The van der Waals surface area contributed by atoms with E-state index >= 15 is 0 Å². The fourth-order valence-electron chi connectivity index (χ4n) is 3.99. The number of carbonyl (C=O) groups excluding carboxylic acids is 4. The van der Waals surface area contributed by atoms with Crippen molar-refractivity contribution >= 4 is 35.1 Å². The minimum atomic E-state index is -1.01. The maximum atomic E-state index is 14.9. The minimum absolute atomic E-state index is 0.125. The van der Waals surface area contributed by atoms with Crippen LogP contribution in [0.1, 0.15) is 12.8 Å². The highest BCUT2D eigenvalue weighted by Crippen LogP contribution is 2.30. The Kier molecular flexibility index (Phi) is 7.03. The number of Topliss-reactive ketones (excluding diaryl/α,β-unsaturated/α-hetero) is 1. The summed E-state index contributed by atoms with van der Waals surface area (Å²) < 4.78 is 25.5. The Balaban J connectivity index is 1.41. The molecule has 2 aliphatic heterocycles. The SMILES string of the molecule is NCC(=O)OC1CCN(c2ccc(-c3ccc(N4CO[C@@H](CC(=O)C(N)=O)C4)cc3F)cn2)C1=O. The predicted molar refractivity (Wildman–Crippen MR) is 121 cm³/mol. The van der Waals surface area contributed by atoms with Gasteiger partial charge in [-0.15, -0.1) is 0 Å². The van der Waals surface area contributed by atoms with E-state index in [1.165, 1.54) is 17.2 Å². The molecule has 35 heavy (non-hydrogen) atoms. The molecule has 2 amide bonds. The lowest BCUT2D eigenvalue weighted by atomic mass is 10.1. The quantitative estimate of drug-likeness (QED) is 0.391. The number of primary amides is 1. The van der Waals surface area contributed by atoms with Crippen molar-refractivity contribution in [2.75, 3.05) is 36.2 Å². The van der Waals surface area contributed by atoms with E-state index < -0.39 is 35.7 Å². The van der Waals surface area contributed by atoms with Crippen molar-refractivity contribution in [3.8, 4) is 11.1 Å². The Morgan fingerprint density at radius 1 is 1.23 bits per heavy atom. The number of nitrogens with two attached hydrogens (primary N) is 2. The Hall–Kier alpha value is -3.90. The maximum absolute atomic E-state index is 14.9. The number of nitrogens with zero attached hydrogens (tertiary/aromatic N) is 3. The smallest absolute Gasteiger partial charge is 0.320 e. The number of anilines is 2. The third-order valence-corrected chi connectivity index (χ3v) is 5.83. The second kappa shape index (κ2) is 10.2. The number of hydrogen-bond donors (Lipinski definition) is 2. The second-order valence-electron chi connectivity index (χ2n) is 8.16. The fraction of sp³-hybridized carbons (Fsp3) is 0.348. The van der Waals surface area contributed by atoms with Gasteiger partial charge < -0.3 is 25.8 Å². The van der Waals surface area contributed by atoms with Gasteiger partial charge in [0.25, 0.3) is 11.8 Å². The molecule has 2 aliphatic rings. The number of rotatable bonds is 8. The molecule has 4 rings (SSSR count). The van der Waals surface area contributed by atoms with Crippen molar-refractivity contribution in [2.45, 2.75) is 25.0 Å². The molecule has 0 saturated carbocycles. The second-order valence-corrected chi connectivity index (χ2v) is 8.16. The van der Waals surface area contributed by atoms with E-state index in [0.717, 1.165) is 0 Å². The maximum Gasteiger partial charge on any atom is 0.320 e. The van der Waals surface area contributed by atoms with Crippen molar-refractivity contribution in [3.63, 3.8) is 0 Å². The molecule has 1 unspecified atom stereocenters. The van der Waals surface area contributed by atoms with Crippen LogP contribution in [-0.2, 0) is 28.7 Å². The van der Waals surface area contributed by atoms with Gasteiger partial charge in [-0.05, 0) is 30.3 Å². The van der Waals surface area contributed by atoms with Crippen molar-refractivity contribution in [3.05, 3.63) is 42.3 Å². The highest BCUT2D eigenvalue weighted by molar-refractivity contribution is 6.35. The lowest BCUT2D eigenvalue weighted by Crippen LogP contribution is -2.33. The minimum Gasteiger partial charge on any atom is -0.451 e. The topological polar surface area (TPSA) is 158 Å². The lowest BCUT2D eigenvalue weighted by Gasteiger charge is -2.18. The van der Waals surface area contributed by atoms with E-state index in [-0.39, 0.29) is 25.6 Å². The van der Waals surface area contributed by atoms with Gasteiger partial charge in [0, 0.05) is 48.9 Å². The molecule has 0 bridgehead atoms. The van der Waals surface area contributed by atoms with Gasteiger partial charge in [-0.25, -0.2) is 9.37 Å². The third kappa shape index (κ3) is 5.28. The van der Waals surface area contributed by atoms with E-state index in [1.807, 2.05) is 0 Å². The Morgan fingerprint density at radius 2 is 2.03 bits per heavy atom. The number of carbonyl (C=O) groups is 4. The Morgan fingerprint density at radius 3 is 2.69 bits per heavy atom. The van der Waals surface area contributed by atoms with Gasteiger partial charge in [0.05, 0.1) is 12.6 Å². The highest BCUT2D eigenvalue weighted by Gasteiger charge is 2.36. The van der Waals surface area contributed by atoms with E-state index in [9.17, 15) is 23.6 Å². The summed E-state index contributed by atoms with van der Waals surface area (Å²) in [6, 6.07) is 7.92. The molecular weight excluding hydrogens is 461 g/mol. The summed E-state index contributed by atoms with van der Waals surface area (Å²) in [6.07, 6.45) is 0.286. The first-order valence-electron chi connectivity index (χ1n) is 10.9. The molecule has 1 aromatic heterocycles. The number of pyridine rings is 1. The zero-order valence-electron chi connectivity index (χ0n) is 18.7. The van der Waals surface area contributed by atoms with Crippen LogP contribution in [0, 0.1) is 5.82 Å². The van der Waals surface area contributed by atoms with Crippen molar-refractivity contribution in [1.29, 1.82) is 0 Å². The number of benzene rings is 1. The zero-order chi connectivity index (χ0) is 25.1. The van der Waals surface area contributed by atoms with Crippen molar-refractivity contribution in [1.82, 2.24) is 4.98 Å². The molecule has 11 nitrogen and oxygen atoms in total. The molecule has 2 fully saturated rings. The van der Waals surface area contributed by atoms with Gasteiger partial charge in [-0.1, -0.05) is 0 Å². The van der Waals surface area contributed by atoms with Crippen molar-refractivity contribution in [2.24, 2.45) is 11.5 Å². The monoisotopic (exact) mass is 485 g/mol. The standard InChI is InChI=1S/C23H24FN5O6/c24-17-7-14(28-11-15(34-12-28)8-18(30)22(26)32)2-3-16(17)13-1-4-20(27-10-13)29-6-5-19(23(29)33)35-21(31)9-25/h1-4,7,10,15,19H,5-6,8-9,11-12,25H2,(H2,26,32)/t15-,19?/m0/s1. The summed E-state index contributed by atoms with van der Waals surface area (Å²) in [7, 11) is 0. The van der Waals surface area contributed by atoms with Crippen LogP contribution >= 0.6 is 0 Å². The van der Waals surface area contributed by atoms with E-state index in [4.69, 9.17) is 20.9 Å². The van der Waals surface area contributed by atoms with Crippen LogP contribution in [0.25, 0.3) is 11.1 Å². The van der Waals surface area contributed by atoms with Gasteiger partial charge in [0.2, 0.25) is 5.78 Å². The van der Waals surface area contributed by atoms with Crippen LogP contribution in [0.2, 0.25) is 0 Å². The van der Waals surface area contributed by atoms with E-state index in [1.54, 1.807) is 29.2 Å². The van der Waals surface area contributed by atoms with Gasteiger partial charge in [0.15, 0.2) is 6.10 Å². The number of aromatic nitrogens is 1. The van der Waals surface area contributed by atoms with Crippen LogP contribution in [0.3, 0.4) is 0 Å². The van der Waals surface area contributed by atoms with E-state index in [0.29, 0.717) is 42.1 Å². The molecule has 0 aliphatic carbocycles. The zero-order valence-corrected chi connectivity index (χ0v) is 18.7. The highest BCUT2D eigenvalue weighted by atomic mass is 19.1. The summed E-state index contributed by atoms with van der Waals surface area (Å²) in [5.41, 5.74) is 11.6. The summed E-state index contributed by atoms with van der Waals surface area (Å²) >= 11 is 0. The molecule has 184 valence electrons. The van der Waals surface area contributed by atoms with Crippen LogP contribution in [0.4, 0.5) is 15.9 Å². The molecule has 0 spiro atoms. The Labute approximate surface area is 199 Å². The molecule has 2 aromatic rings. The van der Waals surface area contributed by atoms with Crippen LogP contribution in [0.15, 0.2) is 36.5 Å². The lowest BCUT2D eigenvalue weighted by molar-refractivity contribution is -0.152. The van der Waals surface area contributed by atoms with Gasteiger partial charge in [-0.2, -0.15) is 0 Å². The number of halogens is 1. The van der Waals surface area contributed by atoms with E-state index in [2.05, 4.69) is 4.98 Å². The molecule has 0 radical (unpaired) electrons. The van der Waals surface area contributed by atoms with Crippen LogP contribution < -0.4 is 21.3 Å². The molecule has 4 N–H and O–H groups in total. The number of ketones is 1. The average molecular weight is 485 g/mol. The molecular formula is C23H24FN5O6. The Bertz CT molecular complexity index is 1160. The van der Waals surface area contributed by atoms with Crippen LogP contribution in [0.5, 0.6) is 0 Å².